The first kappa shape index (κ1) is 17.1. The van der Waals surface area contributed by atoms with Crippen LogP contribution in [0.4, 0.5) is 5.69 Å². The van der Waals surface area contributed by atoms with Crippen molar-refractivity contribution in [3.05, 3.63) is 18.2 Å². The number of carbonyl (C=O) groups excluding carboxylic acids is 3. The van der Waals surface area contributed by atoms with E-state index in [1.54, 1.807) is 28.0 Å². The summed E-state index contributed by atoms with van der Waals surface area (Å²) in [7, 11) is 0. The Bertz CT molecular complexity index is 698. The van der Waals surface area contributed by atoms with Crippen molar-refractivity contribution in [3.8, 4) is 11.5 Å². The summed E-state index contributed by atoms with van der Waals surface area (Å²) in [4.78, 5) is 40.8. The van der Waals surface area contributed by atoms with E-state index in [2.05, 4.69) is 0 Å². The van der Waals surface area contributed by atoms with Gasteiger partial charge in [0.2, 0.25) is 24.5 Å². The Balaban J connectivity index is 1.67. The third-order valence-corrected chi connectivity index (χ3v) is 4.42. The lowest BCUT2D eigenvalue weighted by molar-refractivity contribution is -0.137. The largest absolute Gasteiger partial charge is 0.454 e. The molecule has 0 unspecified atom stereocenters. The van der Waals surface area contributed by atoms with Crippen LogP contribution in [0.3, 0.4) is 0 Å². The standard InChI is InChI=1S/C17H21N3O5/c1-12(21)18-5-7-19(8-6-18)17(23)10-20(13(2)22)14-3-4-15-16(9-14)25-11-24-15/h3-4,9H,5-8,10-11H2,1-2H3. The molecule has 1 saturated heterocycles. The third kappa shape index (κ3) is 3.67. The fourth-order valence-electron chi connectivity index (χ4n) is 2.94. The van der Waals surface area contributed by atoms with Gasteiger partial charge < -0.3 is 24.2 Å². The summed E-state index contributed by atoms with van der Waals surface area (Å²) in [5, 5.41) is 0. The lowest BCUT2D eigenvalue weighted by Gasteiger charge is -2.35. The van der Waals surface area contributed by atoms with Crippen LogP contribution >= 0.6 is 0 Å². The van der Waals surface area contributed by atoms with Gasteiger partial charge in [0.25, 0.3) is 0 Å². The summed E-state index contributed by atoms with van der Waals surface area (Å²) in [5.41, 5.74) is 0.590. The van der Waals surface area contributed by atoms with Crippen molar-refractivity contribution in [3.63, 3.8) is 0 Å². The van der Waals surface area contributed by atoms with Crippen molar-refractivity contribution in [1.29, 1.82) is 0 Å². The molecule has 0 aromatic heterocycles. The van der Waals surface area contributed by atoms with Crippen molar-refractivity contribution in [1.82, 2.24) is 9.80 Å². The molecule has 134 valence electrons. The van der Waals surface area contributed by atoms with Crippen LogP contribution in [0.15, 0.2) is 18.2 Å². The average Bonchev–Trinajstić information content (AvgIpc) is 3.06. The summed E-state index contributed by atoms with van der Waals surface area (Å²) in [6, 6.07) is 5.16. The van der Waals surface area contributed by atoms with Crippen LogP contribution in [-0.4, -0.2) is 67.0 Å². The van der Waals surface area contributed by atoms with E-state index in [0.29, 0.717) is 43.4 Å². The highest BCUT2D eigenvalue weighted by molar-refractivity contribution is 5.97. The third-order valence-electron chi connectivity index (χ3n) is 4.42. The van der Waals surface area contributed by atoms with Crippen molar-refractivity contribution in [2.45, 2.75) is 13.8 Å². The number of ether oxygens (including phenoxy) is 2. The summed E-state index contributed by atoms with van der Waals surface area (Å²) >= 11 is 0. The van der Waals surface area contributed by atoms with E-state index in [9.17, 15) is 14.4 Å². The maximum absolute atomic E-state index is 12.6. The normalized spacial score (nSPS) is 15.9. The van der Waals surface area contributed by atoms with Gasteiger partial charge in [-0.1, -0.05) is 0 Å². The molecule has 3 rings (SSSR count). The molecule has 2 heterocycles. The minimum absolute atomic E-state index is 0.0119. The summed E-state index contributed by atoms with van der Waals surface area (Å²) in [6.45, 7) is 5.04. The molecule has 2 aliphatic rings. The number of nitrogens with zero attached hydrogens (tertiary/aromatic N) is 3. The second-order valence-electron chi connectivity index (χ2n) is 6.03. The van der Waals surface area contributed by atoms with Crippen LogP contribution in [0.25, 0.3) is 0 Å². The van der Waals surface area contributed by atoms with Gasteiger partial charge in [0.15, 0.2) is 11.5 Å². The Labute approximate surface area is 145 Å². The van der Waals surface area contributed by atoms with Gasteiger partial charge in [-0.15, -0.1) is 0 Å². The predicted molar refractivity (Wildman–Crippen MR) is 89.4 cm³/mol. The van der Waals surface area contributed by atoms with E-state index in [1.165, 1.54) is 18.7 Å². The van der Waals surface area contributed by atoms with Crippen LogP contribution in [0.5, 0.6) is 11.5 Å². The van der Waals surface area contributed by atoms with Crippen molar-refractivity contribution >= 4 is 23.4 Å². The number of carbonyl (C=O) groups is 3. The average molecular weight is 347 g/mol. The summed E-state index contributed by atoms with van der Waals surface area (Å²) in [5.74, 6) is 0.827. The van der Waals surface area contributed by atoms with Crippen molar-refractivity contribution in [2.24, 2.45) is 0 Å². The first-order valence-electron chi connectivity index (χ1n) is 8.17. The van der Waals surface area contributed by atoms with Crippen LogP contribution < -0.4 is 14.4 Å². The first-order valence-corrected chi connectivity index (χ1v) is 8.17. The number of piperazine rings is 1. The SMILES string of the molecule is CC(=O)N1CCN(C(=O)CN(C(C)=O)c2ccc3c(c2)OCO3)CC1. The lowest BCUT2D eigenvalue weighted by atomic mass is 10.2. The molecular formula is C17H21N3O5. The number of rotatable bonds is 3. The van der Waals surface area contributed by atoms with Crippen LogP contribution in [-0.2, 0) is 14.4 Å². The Morgan fingerprint density at radius 2 is 1.64 bits per heavy atom. The van der Waals surface area contributed by atoms with Crippen LogP contribution in [0.2, 0.25) is 0 Å². The topological polar surface area (TPSA) is 79.4 Å². The number of amides is 3. The Morgan fingerprint density at radius 3 is 2.28 bits per heavy atom. The van der Waals surface area contributed by atoms with E-state index in [4.69, 9.17) is 9.47 Å². The molecule has 3 amide bonds. The minimum atomic E-state index is -0.227. The second-order valence-corrected chi connectivity index (χ2v) is 6.03. The molecule has 0 spiro atoms. The highest BCUT2D eigenvalue weighted by atomic mass is 16.7. The number of anilines is 1. The molecule has 25 heavy (non-hydrogen) atoms. The van der Waals surface area contributed by atoms with Gasteiger partial charge in [-0.25, -0.2) is 0 Å². The summed E-state index contributed by atoms with van der Waals surface area (Å²) in [6.07, 6.45) is 0. The number of hydrogen-bond acceptors (Lipinski definition) is 5. The van der Waals surface area contributed by atoms with Crippen molar-refractivity contribution < 1.29 is 23.9 Å². The van der Waals surface area contributed by atoms with Crippen molar-refractivity contribution in [2.75, 3.05) is 44.4 Å². The van der Waals surface area contributed by atoms with Crippen LogP contribution in [0, 0.1) is 0 Å². The molecule has 0 atom stereocenters. The maximum atomic E-state index is 12.6. The number of hydrogen-bond donors (Lipinski definition) is 0. The zero-order chi connectivity index (χ0) is 18.0. The van der Waals surface area contributed by atoms with Gasteiger partial charge in [0.1, 0.15) is 6.54 Å². The quantitative estimate of drug-likeness (QED) is 0.794. The Kier molecular flexibility index (Phi) is 4.78. The molecule has 1 aromatic rings. The van der Waals surface area contributed by atoms with E-state index in [1.807, 2.05) is 0 Å². The molecule has 0 bridgehead atoms. The molecule has 1 fully saturated rings. The second kappa shape index (κ2) is 7.00. The molecule has 8 heteroatoms. The lowest BCUT2D eigenvalue weighted by Crippen LogP contribution is -2.52. The van der Waals surface area contributed by atoms with Gasteiger partial charge in [0, 0.05) is 51.8 Å². The van der Waals surface area contributed by atoms with Gasteiger partial charge >= 0.3 is 0 Å². The maximum Gasteiger partial charge on any atom is 0.242 e. The molecule has 0 radical (unpaired) electrons. The highest BCUT2D eigenvalue weighted by Crippen LogP contribution is 2.35. The molecular weight excluding hydrogens is 326 g/mol. The van der Waals surface area contributed by atoms with E-state index < -0.39 is 0 Å². The van der Waals surface area contributed by atoms with E-state index in [0.717, 1.165) is 0 Å². The van der Waals surface area contributed by atoms with E-state index in [-0.39, 0.29) is 31.1 Å². The molecule has 0 N–H and O–H groups in total. The first-order chi connectivity index (χ1) is 12.0. The van der Waals surface area contributed by atoms with Gasteiger partial charge in [-0.05, 0) is 12.1 Å². The van der Waals surface area contributed by atoms with Gasteiger partial charge in [-0.3, -0.25) is 14.4 Å². The molecule has 8 nitrogen and oxygen atoms in total. The number of fused-ring (bicyclic) bond motifs is 1. The molecule has 0 saturated carbocycles. The van der Waals surface area contributed by atoms with Gasteiger partial charge in [-0.2, -0.15) is 0 Å². The Hall–Kier alpha value is -2.77. The smallest absolute Gasteiger partial charge is 0.242 e. The minimum Gasteiger partial charge on any atom is -0.454 e. The summed E-state index contributed by atoms with van der Waals surface area (Å²) < 4.78 is 10.6. The van der Waals surface area contributed by atoms with E-state index >= 15 is 0 Å². The number of benzene rings is 1. The highest BCUT2D eigenvalue weighted by Gasteiger charge is 2.26. The molecule has 1 aromatic carbocycles. The zero-order valence-corrected chi connectivity index (χ0v) is 14.4. The zero-order valence-electron chi connectivity index (χ0n) is 14.4. The fourth-order valence-corrected chi connectivity index (χ4v) is 2.94. The molecule has 0 aliphatic carbocycles. The molecule has 2 aliphatic heterocycles. The fraction of sp³-hybridized carbons (Fsp3) is 0.471. The van der Waals surface area contributed by atoms with Gasteiger partial charge in [0.05, 0.1) is 0 Å². The predicted octanol–water partition coefficient (Wildman–Crippen LogP) is 0.459. The van der Waals surface area contributed by atoms with Crippen LogP contribution in [0.1, 0.15) is 13.8 Å². The Morgan fingerprint density at radius 1 is 1.00 bits per heavy atom. The monoisotopic (exact) mass is 347 g/mol.